The number of hydrogen-bond acceptors (Lipinski definition) is 4. The van der Waals surface area contributed by atoms with E-state index in [4.69, 9.17) is 28.3 Å². The van der Waals surface area contributed by atoms with Gasteiger partial charge in [-0.15, -0.1) is 0 Å². The van der Waals surface area contributed by atoms with E-state index in [1.165, 1.54) is 6.92 Å². The van der Waals surface area contributed by atoms with Crippen LogP contribution in [0.5, 0.6) is 0 Å². The summed E-state index contributed by atoms with van der Waals surface area (Å²) in [7, 11) is 0. The van der Waals surface area contributed by atoms with Gasteiger partial charge in [-0.25, -0.2) is 4.98 Å². The number of carboxylic acid groups (broad SMARTS) is 1. The largest absolute Gasteiger partial charge is 0.480 e. The molecule has 2 atom stereocenters. The number of hydrogen-bond donors (Lipinski definition) is 3. The second kappa shape index (κ2) is 6.16. The molecular formula is C10H12Cl2N2O3. The van der Waals surface area contributed by atoms with Gasteiger partial charge in [-0.1, -0.05) is 23.2 Å². The standard InChI is InChI=1S/C10H12Cl2N2O3/c1-5(15)9(10(16)17)13-4-6-2-7(11)14-8(12)3-6/h2-3,5,9,13,15H,4H2,1H3,(H,16,17)/t5-,9+/m1/s1. The van der Waals surface area contributed by atoms with Gasteiger partial charge in [0, 0.05) is 6.54 Å². The molecule has 3 N–H and O–H groups in total. The van der Waals surface area contributed by atoms with Crippen LogP contribution in [0.4, 0.5) is 0 Å². The highest BCUT2D eigenvalue weighted by Crippen LogP contribution is 2.14. The van der Waals surface area contributed by atoms with Gasteiger partial charge in [-0.3, -0.25) is 10.1 Å². The summed E-state index contributed by atoms with van der Waals surface area (Å²) in [4.78, 5) is 14.6. The molecule has 0 aromatic carbocycles. The molecule has 1 rings (SSSR count). The minimum Gasteiger partial charge on any atom is -0.480 e. The Hall–Kier alpha value is -0.880. The lowest BCUT2D eigenvalue weighted by Gasteiger charge is -2.17. The molecule has 94 valence electrons. The molecule has 0 spiro atoms. The van der Waals surface area contributed by atoms with Crippen LogP contribution in [0, 0.1) is 0 Å². The maximum Gasteiger partial charge on any atom is 0.323 e. The first-order chi connectivity index (χ1) is 7.90. The number of carboxylic acids is 1. The topological polar surface area (TPSA) is 82.5 Å². The Morgan fingerprint density at radius 1 is 1.47 bits per heavy atom. The van der Waals surface area contributed by atoms with Crippen molar-refractivity contribution < 1.29 is 15.0 Å². The van der Waals surface area contributed by atoms with Crippen LogP contribution in [0.2, 0.25) is 10.3 Å². The fraction of sp³-hybridized carbons (Fsp3) is 0.400. The second-order valence-corrected chi connectivity index (χ2v) is 4.33. The number of carbonyl (C=O) groups is 1. The van der Waals surface area contributed by atoms with Crippen molar-refractivity contribution in [1.29, 1.82) is 0 Å². The number of pyridine rings is 1. The summed E-state index contributed by atoms with van der Waals surface area (Å²) in [5, 5.41) is 21.3. The number of halogens is 2. The first-order valence-electron chi connectivity index (χ1n) is 4.86. The van der Waals surface area contributed by atoms with Crippen LogP contribution in [-0.2, 0) is 11.3 Å². The highest BCUT2D eigenvalue weighted by atomic mass is 35.5. The van der Waals surface area contributed by atoms with Crippen LogP contribution in [0.15, 0.2) is 12.1 Å². The molecule has 1 aromatic heterocycles. The molecule has 0 aliphatic carbocycles. The van der Waals surface area contributed by atoms with Gasteiger partial charge in [0.1, 0.15) is 16.3 Å². The molecule has 1 heterocycles. The number of nitrogens with zero attached hydrogens (tertiary/aromatic N) is 1. The molecule has 0 saturated heterocycles. The van der Waals surface area contributed by atoms with Crippen LogP contribution in [0.25, 0.3) is 0 Å². The highest BCUT2D eigenvalue weighted by molar-refractivity contribution is 6.32. The van der Waals surface area contributed by atoms with E-state index in [9.17, 15) is 9.90 Å². The van der Waals surface area contributed by atoms with Gasteiger partial charge in [-0.2, -0.15) is 0 Å². The Morgan fingerprint density at radius 2 is 2.00 bits per heavy atom. The van der Waals surface area contributed by atoms with Crippen LogP contribution in [-0.4, -0.2) is 33.3 Å². The van der Waals surface area contributed by atoms with Crippen molar-refractivity contribution >= 4 is 29.2 Å². The number of aliphatic hydroxyl groups is 1. The predicted octanol–water partition coefficient (Wildman–Crippen LogP) is 1.31. The van der Waals surface area contributed by atoms with E-state index in [0.29, 0.717) is 5.56 Å². The summed E-state index contributed by atoms with van der Waals surface area (Å²) in [5.74, 6) is -1.12. The van der Waals surface area contributed by atoms with E-state index in [-0.39, 0.29) is 16.9 Å². The molecular weight excluding hydrogens is 267 g/mol. The lowest BCUT2D eigenvalue weighted by Crippen LogP contribution is -2.44. The predicted molar refractivity (Wildman–Crippen MR) is 64.2 cm³/mol. The zero-order valence-electron chi connectivity index (χ0n) is 9.02. The number of aliphatic hydroxyl groups excluding tert-OH is 1. The van der Waals surface area contributed by atoms with Gasteiger partial charge in [-0.05, 0) is 24.6 Å². The summed E-state index contributed by atoms with van der Waals surface area (Å²) < 4.78 is 0. The average molecular weight is 279 g/mol. The molecule has 17 heavy (non-hydrogen) atoms. The summed E-state index contributed by atoms with van der Waals surface area (Å²) >= 11 is 11.4. The van der Waals surface area contributed by atoms with Gasteiger partial charge in [0.15, 0.2) is 0 Å². The fourth-order valence-corrected chi connectivity index (χ4v) is 1.81. The van der Waals surface area contributed by atoms with Crippen LogP contribution >= 0.6 is 23.2 Å². The molecule has 0 fully saturated rings. The minimum atomic E-state index is -1.12. The monoisotopic (exact) mass is 278 g/mol. The number of aliphatic carboxylic acids is 1. The number of rotatable bonds is 5. The lowest BCUT2D eigenvalue weighted by molar-refractivity contribution is -0.142. The van der Waals surface area contributed by atoms with Gasteiger partial charge >= 0.3 is 5.97 Å². The third-order valence-electron chi connectivity index (χ3n) is 2.10. The molecule has 5 nitrogen and oxygen atoms in total. The maximum absolute atomic E-state index is 10.8. The van der Waals surface area contributed by atoms with E-state index in [2.05, 4.69) is 10.3 Å². The van der Waals surface area contributed by atoms with Crippen LogP contribution < -0.4 is 5.32 Å². The molecule has 0 amide bonds. The van der Waals surface area contributed by atoms with Crippen molar-refractivity contribution in [3.8, 4) is 0 Å². The Bertz CT molecular complexity index is 392. The van der Waals surface area contributed by atoms with E-state index in [1.54, 1.807) is 12.1 Å². The Kier molecular flexibility index (Phi) is 5.14. The van der Waals surface area contributed by atoms with Crippen LogP contribution in [0.3, 0.4) is 0 Å². The van der Waals surface area contributed by atoms with Gasteiger partial charge in [0.05, 0.1) is 6.10 Å². The Morgan fingerprint density at radius 3 is 2.41 bits per heavy atom. The molecule has 0 radical (unpaired) electrons. The molecule has 0 aliphatic heterocycles. The molecule has 0 bridgehead atoms. The van der Waals surface area contributed by atoms with Gasteiger partial charge in [0.25, 0.3) is 0 Å². The maximum atomic E-state index is 10.8. The van der Waals surface area contributed by atoms with Gasteiger partial charge < -0.3 is 10.2 Å². The van der Waals surface area contributed by atoms with Crippen molar-refractivity contribution in [2.24, 2.45) is 0 Å². The smallest absolute Gasteiger partial charge is 0.323 e. The third kappa shape index (κ3) is 4.47. The van der Waals surface area contributed by atoms with E-state index >= 15 is 0 Å². The van der Waals surface area contributed by atoms with Gasteiger partial charge in [0.2, 0.25) is 0 Å². The first-order valence-corrected chi connectivity index (χ1v) is 5.62. The second-order valence-electron chi connectivity index (χ2n) is 3.56. The Balaban J connectivity index is 2.68. The molecule has 0 saturated carbocycles. The van der Waals surface area contributed by atoms with E-state index in [0.717, 1.165) is 0 Å². The molecule has 7 heteroatoms. The SMILES string of the molecule is C[C@@H](O)[C@H](NCc1cc(Cl)nc(Cl)c1)C(=O)O. The zero-order chi connectivity index (χ0) is 13.0. The molecule has 1 aromatic rings. The Labute approximate surface area is 108 Å². The van der Waals surface area contributed by atoms with Crippen molar-refractivity contribution in [3.63, 3.8) is 0 Å². The first kappa shape index (κ1) is 14.2. The van der Waals surface area contributed by atoms with E-state index < -0.39 is 18.1 Å². The zero-order valence-corrected chi connectivity index (χ0v) is 10.5. The summed E-state index contributed by atoms with van der Waals surface area (Å²) in [6, 6.07) is 2.10. The number of aromatic nitrogens is 1. The number of nitrogens with one attached hydrogen (secondary N) is 1. The molecule has 0 unspecified atom stereocenters. The minimum absolute atomic E-state index is 0.226. The van der Waals surface area contributed by atoms with Crippen molar-refractivity contribution in [1.82, 2.24) is 10.3 Å². The van der Waals surface area contributed by atoms with Crippen molar-refractivity contribution in [2.75, 3.05) is 0 Å². The summed E-state index contributed by atoms with van der Waals surface area (Å²) in [6.07, 6.45) is -1.000. The normalized spacial score (nSPS) is 14.4. The van der Waals surface area contributed by atoms with E-state index in [1.807, 2.05) is 0 Å². The lowest BCUT2D eigenvalue weighted by atomic mass is 10.1. The van der Waals surface area contributed by atoms with Crippen molar-refractivity contribution in [2.45, 2.75) is 25.6 Å². The quantitative estimate of drug-likeness (QED) is 0.708. The van der Waals surface area contributed by atoms with Crippen molar-refractivity contribution in [3.05, 3.63) is 28.0 Å². The fourth-order valence-electron chi connectivity index (χ4n) is 1.31. The third-order valence-corrected chi connectivity index (χ3v) is 2.48. The highest BCUT2D eigenvalue weighted by Gasteiger charge is 2.22. The summed E-state index contributed by atoms with van der Waals surface area (Å²) in [6.45, 7) is 1.63. The summed E-state index contributed by atoms with van der Waals surface area (Å²) in [5.41, 5.74) is 0.696. The van der Waals surface area contributed by atoms with Crippen LogP contribution in [0.1, 0.15) is 12.5 Å². The molecule has 0 aliphatic rings. The average Bonchev–Trinajstić information content (AvgIpc) is 2.14.